The molecule has 0 aliphatic rings. The third kappa shape index (κ3) is 3.36. The van der Waals surface area contributed by atoms with Gasteiger partial charge in [0.25, 0.3) is 5.91 Å². The van der Waals surface area contributed by atoms with E-state index in [4.69, 9.17) is 15.7 Å². The summed E-state index contributed by atoms with van der Waals surface area (Å²) < 4.78 is 23.3. The number of carbonyl (C=O) groups excluding carboxylic acids is 1. The molecule has 1 aromatic carbocycles. The van der Waals surface area contributed by atoms with Gasteiger partial charge in [-0.15, -0.1) is 10.2 Å². The van der Waals surface area contributed by atoms with Crippen molar-refractivity contribution in [2.45, 2.75) is 13.8 Å². The van der Waals surface area contributed by atoms with Crippen LogP contribution < -0.4 is 10.6 Å². The van der Waals surface area contributed by atoms with Crippen molar-refractivity contribution in [2.75, 3.05) is 12.3 Å². The summed E-state index contributed by atoms with van der Waals surface area (Å²) in [6.07, 6.45) is 0. The molecule has 0 aliphatic heterocycles. The lowest BCUT2D eigenvalue weighted by atomic mass is 10.1. The number of nitrogens with zero attached hydrogens (tertiary/aromatic N) is 5. The molecule has 8 nitrogen and oxygen atoms in total. The van der Waals surface area contributed by atoms with E-state index in [0.717, 1.165) is 17.0 Å². The van der Waals surface area contributed by atoms with E-state index in [9.17, 15) is 4.79 Å². The monoisotopic (exact) mass is 374 g/mol. The fourth-order valence-corrected chi connectivity index (χ4v) is 2.57. The summed E-state index contributed by atoms with van der Waals surface area (Å²) in [5.74, 6) is 0.441. The lowest BCUT2D eigenvalue weighted by Gasteiger charge is -2.14. The summed E-state index contributed by atoms with van der Waals surface area (Å²) >= 11 is 5.93. The highest BCUT2D eigenvalue weighted by Gasteiger charge is 2.16. The van der Waals surface area contributed by atoms with Crippen LogP contribution in [-0.2, 0) is 7.05 Å². The number of hydrogen-bond acceptors (Lipinski definition) is 6. The molecule has 0 radical (unpaired) electrons. The first kappa shape index (κ1) is 14.2. The Bertz CT molecular complexity index is 1060. The van der Waals surface area contributed by atoms with E-state index >= 15 is 0 Å². The van der Waals surface area contributed by atoms with E-state index in [0.29, 0.717) is 11.5 Å². The van der Waals surface area contributed by atoms with Crippen molar-refractivity contribution in [3.05, 3.63) is 46.5 Å². The highest BCUT2D eigenvalue weighted by Crippen LogP contribution is 2.30. The first-order valence-electron chi connectivity index (χ1n) is 9.15. The molecule has 2 N–H and O–H groups in total. The number of carbonyl (C=O) groups is 1. The Balaban J connectivity index is 1.99. The van der Waals surface area contributed by atoms with Crippen molar-refractivity contribution in [1.29, 1.82) is 0 Å². The zero-order valence-corrected chi connectivity index (χ0v) is 15.1. The summed E-state index contributed by atoms with van der Waals surface area (Å²) in [5.41, 5.74) is 2.31. The fourth-order valence-electron chi connectivity index (χ4n) is 2.43. The molecule has 0 fully saturated rings. The first-order valence-corrected chi connectivity index (χ1v) is 8.03. The SMILES string of the molecule is [2H]C([2H])([2H])NC(=O)c1nnc(Cl)cc1Nc1cccc(-c2nc(C)n(C)n2)c1C. The van der Waals surface area contributed by atoms with Gasteiger partial charge in [0.05, 0.1) is 5.69 Å². The molecular weight excluding hydrogens is 354 g/mol. The molecule has 0 atom stereocenters. The van der Waals surface area contributed by atoms with Crippen LogP contribution in [-0.4, -0.2) is 37.8 Å². The molecule has 3 aromatic rings. The van der Waals surface area contributed by atoms with Crippen molar-refractivity contribution in [2.24, 2.45) is 7.05 Å². The van der Waals surface area contributed by atoms with Gasteiger partial charge in [0.15, 0.2) is 16.7 Å². The lowest BCUT2D eigenvalue weighted by molar-refractivity contribution is 0.0958. The predicted octanol–water partition coefficient (Wildman–Crippen LogP) is 2.65. The van der Waals surface area contributed by atoms with Crippen LogP contribution in [0, 0.1) is 13.8 Å². The Morgan fingerprint density at radius 3 is 2.77 bits per heavy atom. The van der Waals surface area contributed by atoms with Crippen LogP contribution in [0.4, 0.5) is 11.4 Å². The van der Waals surface area contributed by atoms with E-state index < -0.39 is 12.9 Å². The van der Waals surface area contributed by atoms with Gasteiger partial charge in [-0.1, -0.05) is 23.7 Å². The topological polar surface area (TPSA) is 97.6 Å². The molecule has 0 saturated carbocycles. The van der Waals surface area contributed by atoms with E-state index in [1.54, 1.807) is 10.7 Å². The second-order valence-electron chi connectivity index (χ2n) is 5.59. The highest BCUT2D eigenvalue weighted by atomic mass is 35.5. The molecule has 2 aromatic heterocycles. The van der Waals surface area contributed by atoms with Gasteiger partial charge in [-0.3, -0.25) is 9.48 Å². The van der Waals surface area contributed by atoms with Gasteiger partial charge >= 0.3 is 0 Å². The Kier molecular flexibility index (Phi) is 3.87. The normalized spacial score (nSPS) is 12.8. The second-order valence-corrected chi connectivity index (χ2v) is 5.98. The van der Waals surface area contributed by atoms with Gasteiger partial charge in [0.1, 0.15) is 5.82 Å². The number of aryl methyl sites for hydroxylation is 2. The van der Waals surface area contributed by atoms with Crippen LogP contribution >= 0.6 is 11.6 Å². The van der Waals surface area contributed by atoms with Crippen LogP contribution in [0.5, 0.6) is 0 Å². The number of benzene rings is 1. The maximum absolute atomic E-state index is 12.3. The molecule has 9 heteroatoms. The number of anilines is 2. The quantitative estimate of drug-likeness (QED) is 0.728. The Morgan fingerprint density at radius 2 is 2.08 bits per heavy atom. The molecule has 0 spiro atoms. The molecule has 2 heterocycles. The summed E-state index contributed by atoms with van der Waals surface area (Å²) in [4.78, 5) is 16.8. The van der Waals surface area contributed by atoms with E-state index in [1.807, 2.05) is 38.3 Å². The van der Waals surface area contributed by atoms with Crippen LogP contribution in [0.1, 0.15) is 26.0 Å². The third-order valence-corrected chi connectivity index (χ3v) is 4.10. The van der Waals surface area contributed by atoms with Crippen LogP contribution in [0.3, 0.4) is 0 Å². The number of rotatable bonds is 4. The summed E-state index contributed by atoms with van der Waals surface area (Å²) in [6.45, 7) is 1.07. The smallest absolute Gasteiger partial charge is 0.273 e. The summed E-state index contributed by atoms with van der Waals surface area (Å²) in [7, 11) is 1.81. The highest BCUT2D eigenvalue weighted by molar-refractivity contribution is 6.29. The molecule has 0 aliphatic carbocycles. The third-order valence-electron chi connectivity index (χ3n) is 3.92. The molecular formula is C17H18ClN7O. The number of halogens is 1. The molecule has 0 unspecified atom stereocenters. The van der Waals surface area contributed by atoms with Gasteiger partial charge in [0, 0.05) is 35.5 Å². The largest absolute Gasteiger partial charge is 0.354 e. The first-order chi connectivity index (χ1) is 13.5. The molecule has 3 rings (SSSR count). The van der Waals surface area contributed by atoms with Gasteiger partial charge in [-0.2, -0.15) is 5.10 Å². The summed E-state index contributed by atoms with van der Waals surface area (Å²) in [5, 5.41) is 16.8. The number of nitrogens with one attached hydrogen (secondary N) is 2. The van der Waals surface area contributed by atoms with Crippen molar-refractivity contribution >= 4 is 28.9 Å². The fraction of sp³-hybridized carbons (Fsp3) is 0.235. The second kappa shape index (κ2) is 7.09. The van der Waals surface area contributed by atoms with Crippen LogP contribution in [0.2, 0.25) is 5.15 Å². The maximum Gasteiger partial charge on any atom is 0.273 e. The van der Waals surface area contributed by atoms with Gasteiger partial charge in [-0.05, 0) is 25.5 Å². The molecule has 0 saturated heterocycles. The van der Waals surface area contributed by atoms with Gasteiger partial charge in [-0.25, -0.2) is 4.98 Å². The van der Waals surface area contributed by atoms with E-state index in [2.05, 4.69) is 25.6 Å². The van der Waals surface area contributed by atoms with Crippen molar-refractivity contribution in [3.63, 3.8) is 0 Å². The minimum atomic E-state index is -2.66. The molecule has 0 bridgehead atoms. The Hall–Kier alpha value is -3.00. The maximum atomic E-state index is 12.3. The standard InChI is InChI=1S/C17H18ClN7O/c1-9-11(16-20-10(2)25(4)24-16)6-5-7-12(9)21-13-8-14(18)22-23-15(13)17(26)19-3/h5-8H,1-4H3,(H,19,26)(H,21,22)/i3D3. The van der Waals surface area contributed by atoms with Crippen molar-refractivity contribution in [3.8, 4) is 11.4 Å². The Morgan fingerprint density at radius 1 is 1.27 bits per heavy atom. The van der Waals surface area contributed by atoms with Crippen LogP contribution in [0.15, 0.2) is 24.3 Å². The predicted molar refractivity (Wildman–Crippen MR) is 99.6 cm³/mol. The van der Waals surface area contributed by atoms with Crippen molar-refractivity contribution in [1.82, 2.24) is 30.3 Å². The molecule has 26 heavy (non-hydrogen) atoms. The zero-order valence-electron chi connectivity index (χ0n) is 17.3. The average Bonchev–Trinajstić information content (AvgIpc) is 2.94. The number of aromatic nitrogens is 5. The molecule has 134 valence electrons. The Labute approximate surface area is 159 Å². The van der Waals surface area contributed by atoms with E-state index in [1.165, 1.54) is 6.07 Å². The zero-order chi connectivity index (χ0) is 21.3. The minimum absolute atomic E-state index is 0.0498. The minimum Gasteiger partial charge on any atom is -0.354 e. The van der Waals surface area contributed by atoms with Crippen LogP contribution in [0.25, 0.3) is 11.4 Å². The lowest BCUT2D eigenvalue weighted by Crippen LogP contribution is -2.21. The number of amides is 1. The van der Waals surface area contributed by atoms with Gasteiger partial charge < -0.3 is 10.6 Å². The van der Waals surface area contributed by atoms with Gasteiger partial charge in [0.2, 0.25) is 0 Å². The van der Waals surface area contributed by atoms with Crippen molar-refractivity contribution < 1.29 is 8.91 Å². The average molecular weight is 375 g/mol. The molecule has 1 amide bonds. The number of hydrogen-bond donors (Lipinski definition) is 2. The van der Waals surface area contributed by atoms with E-state index in [-0.39, 0.29) is 16.5 Å². The summed E-state index contributed by atoms with van der Waals surface area (Å²) in [6, 6.07) is 6.90.